The SMILES string of the molecule is COc1ccc(/C=C\c2nc3sc4c(c3c(=O)o2)CCCC4)cc1OC. The monoisotopic (exact) mass is 369 g/mol. The fraction of sp³-hybridized carbons (Fsp3) is 0.300. The van der Waals surface area contributed by atoms with Crippen molar-refractivity contribution in [1.29, 1.82) is 0 Å². The van der Waals surface area contributed by atoms with Gasteiger partial charge in [-0.15, -0.1) is 11.3 Å². The zero-order valence-electron chi connectivity index (χ0n) is 14.7. The molecule has 6 heteroatoms. The Morgan fingerprint density at radius 3 is 2.73 bits per heavy atom. The highest BCUT2D eigenvalue weighted by molar-refractivity contribution is 7.18. The molecule has 0 spiro atoms. The normalized spacial score (nSPS) is 13.9. The van der Waals surface area contributed by atoms with Gasteiger partial charge in [-0.25, -0.2) is 9.78 Å². The van der Waals surface area contributed by atoms with E-state index in [2.05, 4.69) is 4.98 Å². The van der Waals surface area contributed by atoms with Crippen LogP contribution in [0.15, 0.2) is 27.4 Å². The Kier molecular flexibility index (Phi) is 4.51. The maximum absolute atomic E-state index is 12.5. The fourth-order valence-corrected chi connectivity index (χ4v) is 4.56. The maximum atomic E-state index is 12.5. The molecule has 0 unspecified atom stereocenters. The summed E-state index contributed by atoms with van der Waals surface area (Å²) in [5, 5.41) is 0.674. The minimum Gasteiger partial charge on any atom is -0.493 e. The Labute approximate surface area is 154 Å². The molecule has 0 atom stereocenters. The van der Waals surface area contributed by atoms with Gasteiger partial charge < -0.3 is 13.9 Å². The van der Waals surface area contributed by atoms with Gasteiger partial charge in [-0.3, -0.25) is 0 Å². The van der Waals surface area contributed by atoms with Crippen LogP contribution in [0, 0.1) is 0 Å². The fourth-order valence-electron chi connectivity index (χ4n) is 3.30. The van der Waals surface area contributed by atoms with E-state index in [1.165, 1.54) is 11.3 Å². The van der Waals surface area contributed by atoms with Gasteiger partial charge >= 0.3 is 5.63 Å². The molecule has 0 bridgehead atoms. The van der Waals surface area contributed by atoms with E-state index in [4.69, 9.17) is 13.9 Å². The summed E-state index contributed by atoms with van der Waals surface area (Å²) in [4.78, 5) is 19.1. The lowest BCUT2D eigenvalue weighted by molar-refractivity contribution is 0.355. The predicted molar refractivity (Wildman–Crippen MR) is 103 cm³/mol. The molecule has 0 saturated heterocycles. The predicted octanol–water partition coefficient (Wildman–Crippen LogP) is 4.32. The number of methoxy groups -OCH3 is 2. The summed E-state index contributed by atoms with van der Waals surface area (Å²) >= 11 is 1.62. The van der Waals surface area contributed by atoms with Crippen LogP contribution >= 0.6 is 11.3 Å². The smallest absolute Gasteiger partial charge is 0.348 e. The topological polar surface area (TPSA) is 61.6 Å². The number of hydrogen-bond acceptors (Lipinski definition) is 6. The summed E-state index contributed by atoms with van der Waals surface area (Å²) in [5.41, 5.74) is 1.76. The molecule has 0 saturated carbocycles. The van der Waals surface area contributed by atoms with Crippen LogP contribution in [-0.2, 0) is 12.8 Å². The van der Waals surface area contributed by atoms with Crippen molar-refractivity contribution in [2.24, 2.45) is 0 Å². The molecule has 0 aliphatic heterocycles. The highest BCUT2D eigenvalue weighted by atomic mass is 32.1. The number of hydrogen-bond donors (Lipinski definition) is 0. The molecule has 0 N–H and O–H groups in total. The van der Waals surface area contributed by atoms with Crippen molar-refractivity contribution in [3.8, 4) is 11.5 Å². The molecule has 26 heavy (non-hydrogen) atoms. The van der Waals surface area contributed by atoms with Crippen LogP contribution in [0.3, 0.4) is 0 Å². The van der Waals surface area contributed by atoms with Gasteiger partial charge in [0.25, 0.3) is 0 Å². The molecule has 1 aliphatic rings. The average Bonchev–Trinajstić information content (AvgIpc) is 3.05. The van der Waals surface area contributed by atoms with Crippen LogP contribution in [0.2, 0.25) is 0 Å². The van der Waals surface area contributed by atoms with Gasteiger partial charge in [-0.1, -0.05) is 6.07 Å². The lowest BCUT2D eigenvalue weighted by atomic mass is 9.97. The minimum absolute atomic E-state index is 0.290. The highest BCUT2D eigenvalue weighted by Crippen LogP contribution is 2.34. The molecular weight excluding hydrogens is 350 g/mol. The van der Waals surface area contributed by atoms with Crippen LogP contribution in [0.25, 0.3) is 22.4 Å². The van der Waals surface area contributed by atoms with Gasteiger partial charge in [-0.05, 0) is 55.0 Å². The van der Waals surface area contributed by atoms with Crippen molar-refractivity contribution in [3.63, 3.8) is 0 Å². The summed E-state index contributed by atoms with van der Waals surface area (Å²) in [6, 6.07) is 5.59. The molecule has 0 radical (unpaired) electrons. The van der Waals surface area contributed by atoms with Gasteiger partial charge in [0.05, 0.1) is 14.2 Å². The largest absolute Gasteiger partial charge is 0.493 e. The van der Waals surface area contributed by atoms with Gasteiger partial charge in [0.1, 0.15) is 10.2 Å². The van der Waals surface area contributed by atoms with E-state index >= 15 is 0 Å². The summed E-state index contributed by atoms with van der Waals surface area (Å²) in [6.45, 7) is 0. The number of ether oxygens (including phenoxy) is 2. The zero-order chi connectivity index (χ0) is 18.1. The molecule has 4 rings (SSSR count). The molecule has 2 aromatic heterocycles. The highest BCUT2D eigenvalue weighted by Gasteiger charge is 2.20. The Hall–Kier alpha value is -2.60. The lowest BCUT2D eigenvalue weighted by Gasteiger charge is -2.09. The number of thiophene rings is 1. The van der Waals surface area contributed by atoms with E-state index in [1.807, 2.05) is 24.3 Å². The number of fused-ring (bicyclic) bond motifs is 3. The van der Waals surface area contributed by atoms with Gasteiger partial charge in [0.15, 0.2) is 11.5 Å². The van der Waals surface area contributed by atoms with Crippen molar-refractivity contribution in [1.82, 2.24) is 4.98 Å². The van der Waals surface area contributed by atoms with E-state index in [1.54, 1.807) is 31.6 Å². The van der Waals surface area contributed by atoms with Crippen molar-refractivity contribution >= 4 is 33.7 Å². The first-order valence-corrected chi connectivity index (χ1v) is 9.36. The van der Waals surface area contributed by atoms with E-state index in [9.17, 15) is 4.79 Å². The van der Waals surface area contributed by atoms with Crippen molar-refractivity contribution in [2.75, 3.05) is 14.2 Å². The maximum Gasteiger partial charge on any atom is 0.348 e. The van der Waals surface area contributed by atoms with E-state index in [0.717, 1.165) is 35.2 Å². The molecule has 0 fully saturated rings. The van der Waals surface area contributed by atoms with Crippen molar-refractivity contribution < 1.29 is 13.9 Å². The van der Waals surface area contributed by atoms with Crippen LogP contribution in [0.5, 0.6) is 11.5 Å². The third-order valence-electron chi connectivity index (χ3n) is 4.59. The van der Waals surface area contributed by atoms with Crippen LogP contribution in [-0.4, -0.2) is 19.2 Å². The van der Waals surface area contributed by atoms with Gasteiger partial charge in [0.2, 0.25) is 5.89 Å². The quantitative estimate of drug-likeness (QED) is 0.685. The Morgan fingerprint density at radius 2 is 1.92 bits per heavy atom. The summed E-state index contributed by atoms with van der Waals surface area (Å²) in [5.74, 6) is 1.63. The van der Waals surface area contributed by atoms with Crippen molar-refractivity contribution in [2.45, 2.75) is 25.7 Å². The number of aryl methyl sites for hydroxylation is 2. The second-order valence-corrected chi connectivity index (χ2v) is 7.26. The van der Waals surface area contributed by atoms with Crippen LogP contribution in [0.4, 0.5) is 0 Å². The molecular formula is C20H19NO4S. The van der Waals surface area contributed by atoms with Crippen molar-refractivity contribution in [3.05, 3.63) is 50.5 Å². The van der Waals surface area contributed by atoms with E-state index in [-0.39, 0.29) is 5.63 Å². The molecule has 5 nitrogen and oxygen atoms in total. The third-order valence-corrected chi connectivity index (χ3v) is 5.78. The van der Waals surface area contributed by atoms with E-state index < -0.39 is 0 Å². The zero-order valence-corrected chi connectivity index (χ0v) is 15.5. The second kappa shape index (κ2) is 6.96. The first kappa shape index (κ1) is 16.8. The third kappa shape index (κ3) is 3.01. The Balaban J connectivity index is 1.69. The first-order chi connectivity index (χ1) is 12.7. The summed E-state index contributed by atoms with van der Waals surface area (Å²) in [6.07, 6.45) is 7.83. The molecule has 134 valence electrons. The molecule has 0 amide bonds. The van der Waals surface area contributed by atoms with Crippen LogP contribution < -0.4 is 15.1 Å². The summed E-state index contributed by atoms with van der Waals surface area (Å²) in [7, 11) is 3.19. The molecule has 3 aromatic rings. The molecule has 2 heterocycles. The Bertz CT molecular complexity index is 1050. The molecule has 1 aliphatic carbocycles. The van der Waals surface area contributed by atoms with Gasteiger partial charge in [-0.2, -0.15) is 0 Å². The van der Waals surface area contributed by atoms with Crippen LogP contribution in [0.1, 0.15) is 34.7 Å². The number of aromatic nitrogens is 1. The number of nitrogens with zero attached hydrogens (tertiary/aromatic N) is 1. The summed E-state index contributed by atoms with van der Waals surface area (Å²) < 4.78 is 16.0. The Morgan fingerprint density at radius 1 is 1.12 bits per heavy atom. The average molecular weight is 369 g/mol. The minimum atomic E-state index is -0.290. The lowest BCUT2D eigenvalue weighted by Crippen LogP contribution is -2.06. The second-order valence-electron chi connectivity index (χ2n) is 6.18. The standard InChI is InChI=1S/C20H19NO4S/c1-23-14-9-7-12(11-15(14)24-2)8-10-17-21-19-18(20(22)25-17)13-5-3-4-6-16(13)26-19/h7-11H,3-6H2,1-2H3/b10-8-. The van der Waals surface area contributed by atoms with E-state index in [0.29, 0.717) is 22.8 Å². The molecule has 1 aromatic carbocycles. The van der Waals surface area contributed by atoms with Gasteiger partial charge in [0, 0.05) is 11.0 Å². The first-order valence-electron chi connectivity index (χ1n) is 8.55. The number of rotatable bonds is 4. The number of benzene rings is 1.